The van der Waals surface area contributed by atoms with Crippen molar-refractivity contribution in [1.29, 1.82) is 0 Å². The maximum atomic E-state index is 13.6. The summed E-state index contributed by atoms with van der Waals surface area (Å²) in [5, 5.41) is 7.81. The first-order valence-electron chi connectivity index (χ1n) is 14.4. The van der Waals surface area contributed by atoms with Crippen LogP contribution < -0.4 is 21.7 Å². The molecular weight excluding hydrogens is 582 g/mol. The minimum atomic E-state index is -1.37. The third-order valence-electron chi connectivity index (χ3n) is 6.40. The van der Waals surface area contributed by atoms with Crippen LogP contribution in [0.2, 0.25) is 0 Å². The van der Waals surface area contributed by atoms with Crippen LogP contribution in [-0.4, -0.2) is 79.4 Å². The Morgan fingerprint density at radius 1 is 0.822 bits per heavy atom. The number of hydrogen-bond acceptors (Lipinski definition) is 8. The van der Waals surface area contributed by atoms with Crippen molar-refractivity contribution in [2.75, 3.05) is 20.7 Å². The van der Waals surface area contributed by atoms with Crippen LogP contribution in [0.5, 0.6) is 0 Å². The third-order valence-corrected chi connectivity index (χ3v) is 6.40. The lowest BCUT2D eigenvalue weighted by Gasteiger charge is -2.25. The van der Waals surface area contributed by atoms with E-state index in [-0.39, 0.29) is 32.5 Å². The summed E-state index contributed by atoms with van der Waals surface area (Å²) in [6.07, 6.45) is 1.23. The molecule has 2 aromatic rings. The molecule has 0 spiro atoms. The third kappa shape index (κ3) is 14.2. The quantitative estimate of drug-likeness (QED) is 0.150. The zero-order chi connectivity index (χ0) is 33.2. The van der Waals surface area contributed by atoms with Crippen LogP contribution in [0.1, 0.15) is 37.3 Å². The first kappa shape index (κ1) is 36.0. The minimum absolute atomic E-state index is 0.0509. The highest BCUT2D eigenvalue weighted by Gasteiger charge is 2.30. The lowest BCUT2D eigenvalue weighted by atomic mass is 10.0. The molecule has 0 aromatic heterocycles. The number of nitrogens with zero attached hydrogens (tertiary/aromatic N) is 1. The van der Waals surface area contributed by atoms with Crippen LogP contribution in [0.4, 0.5) is 4.79 Å². The molecule has 0 aliphatic heterocycles. The molecule has 0 aliphatic rings. The second kappa shape index (κ2) is 19.2. The predicted molar refractivity (Wildman–Crippen MR) is 165 cm³/mol. The minimum Gasteiger partial charge on any atom is -0.463 e. The molecule has 0 bridgehead atoms. The van der Waals surface area contributed by atoms with E-state index in [9.17, 15) is 28.8 Å². The Balaban J connectivity index is 2.27. The average molecular weight is 624 g/mol. The van der Waals surface area contributed by atoms with Crippen molar-refractivity contribution < 1.29 is 38.2 Å². The fourth-order valence-electron chi connectivity index (χ4n) is 3.99. The number of nitrogens with two attached hydrogens (primary N) is 1. The molecule has 0 saturated carbocycles. The summed E-state index contributed by atoms with van der Waals surface area (Å²) >= 11 is 0. The van der Waals surface area contributed by atoms with Gasteiger partial charge in [-0.15, -0.1) is 0 Å². The van der Waals surface area contributed by atoms with Crippen molar-refractivity contribution in [3.05, 3.63) is 83.9 Å². The van der Waals surface area contributed by atoms with Crippen molar-refractivity contribution in [2.24, 2.45) is 5.73 Å². The molecule has 242 valence electrons. The van der Waals surface area contributed by atoms with Gasteiger partial charge in [0.05, 0.1) is 13.0 Å². The van der Waals surface area contributed by atoms with E-state index in [1.54, 1.807) is 61.5 Å². The number of rotatable bonds is 17. The van der Waals surface area contributed by atoms with Crippen molar-refractivity contribution in [1.82, 2.24) is 20.9 Å². The SMILES string of the molecule is CCOC(=O)/C=C/[C@H](CCC(N)=O)NC(=O)[C@H](Cc1ccccc1)NC(=O)[C@H](CC(=O)N(C)C)NC(=O)OCc1ccccc1. The number of ether oxygens (including phenoxy) is 2. The monoisotopic (exact) mass is 623 g/mol. The van der Waals surface area contributed by atoms with E-state index >= 15 is 0 Å². The first-order valence-corrected chi connectivity index (χ1v) is 14.4. The van der Waals surface area contributed by atoms with Crippen LogP contribution in [0.3, 0.4) is 0 Å². The highest BCUT2D eigenvalue weighted by atomic mass is 16.5. The van der Waals surface area contributed by atoms with E-state index in [0.717, 1.165) is 11.6 Å². The summed E-state index contributed by atoms with van der Waals surface area (Å²) in [7, 11) is 3.01. The highest BCUT2D eigenvalue weighted by molar-refractivity contribution is 5.94. The normalized spacial score (nSPS) is 12.7. The van der Waals surface area contributed by atoms with E-state index in [1.165, 1.54) is 25.1 Å². The van der Waals surface area contributed by atoms with Gasteiger partial charge in [-0.1, -0.05) is 66.7 Å². The van der Waals surface area contributed by atoms with Gasteiger partial charge in [0.2, 0.25) is 23.6 Å². The van der Waals surface area contributed by atoms with Crippen molar-refractivity contribution in [2.45, 2.75) is 57.3 Å². The van der Waals surface area contributed by atoms with Crippen molar-refractivity contribution >= 4 is 35.7 Å². The largest absolute Gasteiger partial charge is 0.463 e. The summed E-state index contributed by atoms with van der Waals surface area (Å²) in [5.74, 6) is -3.12. The van der Waals surface area contributed by atoms with Gasteiger partial charge in [0.15, 0.2) is 0 Å². The van der Waals surface area contributed by atoms with Crippen LogP contribution >= 0.6 is 0 Å². The maximum Gasteiger partial charge on any atom is 0.408 e. The van der Waals surface area contributed by atoms with Gasteiger partial charge in [0, 0.05) is 39.1 Å². The van der Waals surface area contributed by atoms with Crippen LogP contribution in [0, 0.1) is 0 Å². The number of amides is 5. The number of carbonyl (C=O) groups is 6. The summed E-state index contributed by atoms with van der Waals surface area (Å²) in [4.78, 5) is 76.9. The molecule has 0 heterocycles. The number of esters is 1. The van der Waals surface area contributed by atoms with Gasteiger partial charge >= 0.3 is 12.1 Å². The van der Waals surface area contributed by atoms with Crippen LogP contribution in [0.15, 0.2) is 72.8 Å². The van der Waals surface area contributed by atoms with Gasteiger partial charge in [0.1, 0.15) is 18.7 Å². The lowest BCUT2D eigenvalue weighted by molar-refractivity contribution is -0.137. The molecule has 2 rings (SSSR count). The topological polar surface area (TPSA) is 186 Å². The molecule has 5 amide bonds. The number of carbonyl (C=O) groups excluding carboxylic acids is 6. The first-order chi connectivity index (χ1) is 21.5. The summed E-state index contributed by atoms with van der Waals surface area (Å²) < 4.78 is 10.1. The molecule has 0 fully saturated rings. The summed E-state index contributed by atoms with van der Waals surface area (Å²) in [6.45, 7) is 1.73. The molecule has 5 N–H and O–H groups in total. The fraction of sp³-hybridized carbons (Fsp3) is 0.375. The number of alkyl carbamates (subject to hydrolysis) is 1. The molecule has 0 aliphatic carbocycles. The standard InChI is InChI=1S/C32H41N5O8/c1-4-44-29(40)18-16-24(15-17-27(33)38)34-30(41)25(19-22-11-7-5-8-12-22)35-31(42)26(20-28(39)37(2)3)36-32(43)45-21-23-13-9-6-10-14-23/h5-14,16,18,24-26H,4,15,17,19-21H2,1-3H3,(H2,33,38)(H,34,41)(H,35,42)(H,36,43)/b18-16+/t24-,25-,26-/m0/s1. The number of benzene rings is 2. The molecule has 45 heavy (non-hydrogen) atoms. The summed E-state index contributed by atoms with van der Waals surface area (Å²) in [5.41, 5.74) is 6.73. The Morgan fingerprint density at radius 2 is 1.42 bits per heavy atom. The lowest BCUT2D eigenvalue weighted by Crippen LogP contribution is -2.56. The van der Waals surface area contributed by atoms with E-state index in [4.69, 9.17) is 15.2 Å². The number of hydrogen-bond donors (Lipinski definition) is 4. The van der Waals surface area contributed by atoms with E-state index in [2.05, 4.69) is 16.0 Å². The Kier molecular flexibility index (Phi) is 15.3. The predicted octanol–water partition coefficient (Wildman–Crippen LogP) is 1.36. The second-order valence-corrected chi connectivity index (χ2v) is 10.2. The van der Waals surface area contributed by atoms with E-state index < -0.39 is 60.2 Å². The van der Waals surface area contributed by atoms with Crippen molar-refractivity contribution in [3.63, 3.8) is 0 Å². The van der Waals surface area contributed by atoms with Gasteiger partial charge in [-0.2, -0.15) is 0 Å². The van der Waals surface area contributed by atoms with Gasteiger partial charge in [-0.3, -0.25) is 19.2 Å². The molecular formula is C32H41N5O8. The number of primary amides is 1. The smallest absolute Gasteiger partial charge is 0.408 e. The zero-order valence-electron chi connectivity index (χ0n) is 25.7. The molecule has 13 nitrogen and oxygen atoms in total. The van der Waals surface area contributed by atoms with Gasteiger partial charge in [-0.25, -0.2) is 9.59 Å². The molecule has 3 atom stereocenters. The van der Waals surface area contributed by atoms with E-state index in [1.807, 2.05) is 6.07 Å². The molecule has 2 aromatic carbocycles. The van der Waals surface area contributed by atoms with Crippen molar-refractivity contribution in [3.8, 4) is 0 Å². The molecule has 0 saturated heterocycles. The van der Waals surface area contributed by atoms with E-state index in [0.29, 0.717) is 5.56 Å². The van der Waals surface area contributed by atoms with Crippen LogP contribution in [-0.2, 0) is 46.5 Å². The van der Waals surface area contributed by atoms with Gasteiger partial charge in [0.25, 0.3) is 0 Å². The molecule has 0 unspecified atom stereocenters. The number of nitrogens with one attached hydrogen (secondary N) is 3. The fourth-order valence-corrected chi connectivity index (χ4v) is 3.99. The average Bonchev–Trinajstić information content (AvgIpc) is 3.01. The second-order valence-electron chi connectivity index (χ2n) is 10.2. The Labute approximate surface area is 262 Å². The Bertz CT molecular complexity index is 1320. The van der Waals surface area contributed by atoms with Gasteiger partial charge in [-0.05, 0) is 24.5 Å². The van der Waals surface area contributed by atoms with Gasteiger partial charge < -0.3 is 36.1 Å². The molecule has 13 heteroatoms. The zero-order valence-corrected chi connectivity index (χ0v) is 25.7. The maximum absolute atomic E-state index is 13.6. The molecule has 0 radical (unpaired) electrons. The Morgan fingerprint density at radius 3 is 2.00 bits per heavy atom. The Hall–Kier alpha value is -5.20. The summed E-state index contributed by atoms with van der Waals surface area (Å²) in [6, 6.07) is 14.4. The van der Waals surface area contributed by atoms with Crippen LogP contribution in [0.25, 0.3) is 0 Å². The highest BCUT2D eigenvalue weighted by Crippen LogP contribution is 2.08.